The first kappa shape index (κ1) is 14.0. The number of aliphatic hydroxyl groups excluding tert-OH is 1. The minimum atomic E-state index is -4.43. The third kappa shape index (κ3) is 3.19. The van der Waals surface area contributed by atoms with Gasteiger partial charge in [-0.2, -0.15) is 18.3 Å². The Hall–Kier alpha value is -1.08. The largest absolute Gasteiger partial charge is 0.419 e. The summed E-state index contributed by atoms with van der Waals surface area (Å²) < 4.78 is 38.2. The SMILES string of the molecule is CC(C)C(N)C(CO)n1cc(C(F)(F)F)cn1. The Balaban J connectivity index is 2.94. The van der Waals surface area contributed by atoms with Gasteiger partial charge in [0.1, 0.15) is 0 Å². The van der Waals surface area contributed by atoms with Crippen LogP contribution in [0.2, 0.25) is 0 Å². The first-order valence-corrected chi connectivity index (χ1v) is 5.25. The van der Waals surface area contributed by atoms with Crippen molar-refractivity contribution in [3.05, 3.63) is 18.0 Å². The van der Waals surface area contributed by atoms with Gasteiger partial charge in [-0.15, -0.1) is 0 Å². The lowest BCUT2D eigenvalue weighted by molar-refractivity contribution is -0.137. The molecule has 1 heterocycles. The fourth-order valence-electron chi connectivity index (χ4n) is 1.49. The van der Waals surface area contributed by atoms with Crippen LogP contribution in [0.15, 0.2) is 12.4 Å². The summed E-state index contributed by atoms with van der Waals surface area (Å²) >= 11 is 0. The van der Waals surface area contributed by atoms with E-state index in [1.54, 1.807) is 0 Å². The summed E-state index contributed by atoms with van der Waals surface area (Å²) in [5.74, 6) is 0.0330. The third-order valence-corrected chi connectivity index (χ3v) is 2.67. The van der Waals surface area contributed by atoms with E-state index in [2.05, 4.69) is 5.10 Å². The number of rotatable bonds is 4. The predicted molar refractivity (Wildman–Crippen MR) is 56.2 cm³/mol. The second-order valence-electron chi connectivity index (χ2n) is 4.28. The Bertz CT molecular complexity index is 362. The quantitative estimate of drug-likeness (QED) is 0.850. The first-order valence-electron chi connectivity index (χ1n) is 5.25. The van der Waals surface area contributed by atoms with Crippen LogP contribution in [-0.2, 0) is 6.18 Å². The lowest BCUT2D eigenvalue weighted by Crippen LogP contribution is -2.39. The molecule has 7 heteroatoms. The van der Waals surface area contributed by atoms with Crippen LogP contribution in [0.5, 0.6) is 0 Å². The molecule has 1 rings (SSSR count). The minimum Gasteiger partial charge on any atom is -0.394 e. The van der Waals surface area contributed by atoms with Crippen LogP contribution in [0.25, 0.3) is 0 Å². The molecular formula is C10H16F3N3O. The van der Waals surface area contributed by atoms with Crippen LogP contribution in [-0.4, -0.2) is 27.5 Å². The molecule has 17 heavy (non-hydrogen) atoms. The van der Waals surface area contributed by atoms with Crippen LogP contribution in [0, 0.1) is 5.92 Å². The molecule has 2 atom stereocenters. The number of hydrogen-bond acceptors (Lipinski definition) is 3. The molecular weight excluding hydrogens is 235 g/mol. The molecule has 0 aliphatic rings. The molecule has 0 bridgehead atoms. The van der Waals surface area contributed by atoms with Crippen molar-refractivity contribution in [2.24, 2.45) is 11.7 Å². The second-order valence-corrected chi connectivity index (χ2v) is 4.28. The van der Waals surface area contributed by atoms with Crippen molar-refractivity contribution in [3.8, 4) is 0 Å². The summed E-state index contributed by atoms with van der Waals surface area (Å²) in [7, 11) is 0. The van der Waals surface area contributed by atoms with E-state index in [0.29, 0.717) is 0 Å². The third-order valence-electron chi connectivity index (χ3n) is 2.67. The average Bonchev–Trinajstić information content (AvgIpc) is 2.67. The Morgan fingerprint density at radius 3 is 2.41 bits per heavy atom. The van der Waals surface area contributed by atoms with Crippen molar-refractivity contribution in [3.63, 3.8) is 0 Å². The maximum Gasteiger partial charge on any atom is 0.419 e. The zero-order valence-electron chi connectivity index (χ0n) is 9.65. The van der Waals surface area contributed by atoms with Crippen LogP contribution < -0.4 is 5.73 Å². The zero-order chi connectivity index (χ0) is 13.2. The van der Waals surface area contributed by atoms with Gasteiger partial charge in [0.2, 0.25) is 0 Å². The topological polar surface area (TPSA) is 64.1 Å². The molecule has 98 valence electrons. The highest BCUT2D eigenvalue weighted by molar-refractivity contribution is 5.09. The van der Waals surface area contributed by atoms with E-state index in [9.17, 15) is 18.3 Å². The number of aromatic nitrogens is 2. The molecule has 0 fully saturated rings. The molecule has 0 radical (unpaired) electrons. The Morgan fingerprint density at radius 2 is 2.06 bits per heavy atom. The van der Waals surface area contributed by atoms with Gasteiger partial charge in [-0.1, -0.05) is 13.8 Å². The summed E-state index contributed by atoms with van der Waals surface area (Å²) in [6.07, 6.45) is -2.83. The molecule has 0 amide bonds. The molecule has 2 unspecified atom stereocenters. The summed E-state index contributed by atoms with van der Waals surface area (Å²) in [6.45, 7) is 3.32. The smallest absolute Gasteiger partial charge is 0.394 e. The molecule has 0 saturated carbocycles. The zero-order valence-corrected chi connectivity index (χ0v) is 9.65. The van der Waals surface area contributed by atoms with Crippen molar-refractivity contribution in [2.45, 2.75) is 32.1 Å². The Morgan fingerprint density at radius 1 is 1.47 bits per heavy atom. The van der Waals surface area contributed by atoms with E-state index in [1.807, 2.05) is 13.8 Å². The maximum atomic E-state index is 12.4. The normalized spacial score (nSPS) is 16.2. The Kier molecular flexibility index (Phi) is 4.16. The van der Waals surface area contributed by atoms with Gasteiger partial charge in [0.15, 0.2) is 0 Å². The lowest BCUT2D eigenvalue weighted by atomic mass is 9.98. The van der Waals surface area contributed by atoms with Crippen molar-refractivity contribution < 1.29 is 18.3 Å². The molecule has 1 aromatic rings. The van der Waals surface area contributed by atoms with E-state index in [1.165, 1.54) is 0 Å². The number of nitrogens with zero attached hydrogens (tertiary/aromatic N) is 2. The number of alkyl halides is 3. The monoisotopic (exact) mass is 251 g/mol. The first-order chi connectivity index (χ1) is 7.77. The number of nitrogens with two attached hydrogens (primary N) is 1. The molecule has 0 saturated heterocycles. The van der Waals surface area contributed by atoms with Crippen LogP contribution >= 0.6 is 0 Å². The van der Waals surface area contributed by atoms with E-state index in [-0.39, 0.29) is 12.5 Å². The van der Waals surface area contributed by atoms with Crippen molar-refractivity contribution in [2.75, 3.05) is 6.61 Å². The summed E-state index contributed by atoms with van der Waals surface area (Å²) in [4.78, 5) is 0. The summed E-state index contributed by atoms with van der Waals surface area (Å²) in [5, 5.41) is 12.8. The van der Waals surface area contributed by atoms with Gasteiger partial charge in [0.25, 0.3) is 0 Å². The van der Waals surface area contributed by atoms with Crippen molar-refractivity contribution >= 4 is 0 Å². The van der Waals surface area contributed by atoms with Gasteiger partial charge in [0.05, 0.1) is 24.4 Å². The fourth-order valence-corrected chi connectivity index (χ4v) is 1.49. The molecule has 0 aromatic carbocycles. The van der Waals surface area contributed by atoms with Crippen LogP contribution in [0.4, 0.5) is 13.2 Å². The standard InChI is InChI=1S/C10H16F3N3O/c1-6(2)9(14)8(5-17)16-4-7(3-15-16)10(11,12)13/h3-4,6,8-9,17H,5,14H2,1-2H3. The minimum absolute atomic E-state index is 0.0330. The Labute approximate surface area is 97.2 Å². The highest BCUT2D eigenvalue weighted by atomic mass is 19.4. The number of halogens is 3. The maximum absolute atomic E-state index is 12.4. The summed E-state index contributed by atoms with van der Waals surface area (Å²) in [5.41, 5.74) is 4.98. The molecule has 4 nitrogen and oxygen atoms in total. The number of aliphatic hydroxyl groups is 1. The van der Waals surface area contributed by atoms with E-state index >= 15 is 0 Å². The van der Waals surface area contributed by atoms with Gasteiger partial charge in [0, 0.05) is 12.2 Å². The van der Waals surface area contributed by atoms with Crippen molar-refractivity contribution in [1.82, 2.24) is 9.78 Å². The number of hydrogen-bond donors (Lipinski definition) is 2. The molecule has 0 aliphatic carbocycles. The average molecular weight is 251 g/mol. The summed E-state index contributed by atoms with van der Waals surface area (Å²) in [6, 6.07) is -1.10. The molecule has 1 aromatic heterocycles. The predicted octanol–water partition coefficient (Wildman–Crippen LogP) is 1.42. The lowest BCUT2D eigenvalue weighted by Gasteiger charge is -2.25. The molecule has 0 spiro atoms. The van der Waals surface area contributed by atoms with Crippen LogP contribution in [0.1, 0.15) is 25.5 Å². The van der Waals surface area contributed by atoms with Gasteiger partial charge in [-0.3, -0.25) is 4.68 Å². The fraction of sp³-hybridized carbons (Fsp3) is 0.700. The van der Waals surface area contributed by atoms with Crippen molar-refractivity contribution in [1.29, 1.82) is 0 Å². The molecule has 3 N–H and O–H groups in total. The second kappa shape index (κ2) is 5.05. The van der Waals surface area contributed by atoms with E-state index in [0.717, 1.165) is 17.1 Å². The van der Waals surface area contributed by atoms with Gasteiger partial charge < -0.3 is 10.8 Å². The highest BCUT2D eigenvalue weighted by Crippen LogP contribution is 2.29. The van der Waals surface area contributed by atoms with E-state index in [4.69, 9.17) is 5.73 Å². The molecule has 0 aliphatic heterocycles. The van der Waals surface area contributed by atoms with E-state index < -0.39 is 23.8 Å². The highest BCUT2D eigenvalue weighted by Gasteiger charge is 2.33. The van der Waals surface area contributed by atoms with Gasteiger partial charge in [-0.25, -0.2) is 0 Å². The van der Waals surface area contributed by atoms with Gasteiger partial charge >= 0.3 is 6.18 Å². The van der Waals surface area contributed by atoms with Crippen LogP contribution in [0.3, 0.4) is 0 Å². The van der Waals surface area contributed by atoms with Gasteiger partial charge in [-0.05, 0) is 5.92 Å².